The molecular weight excluding hydrogens is 2490 g/mol. The predicted molar refractivity (Wildman–Crippen MR) is 573 cm³/mol. The Kier molecular flexibility index (Phi) is 89.2. The van der Waals surface area contributed by atoms with Gasteiger partial charge in [0.05, 0.1) is 22.4 Å². The van der Waals surface area contributed by atoms with Gasteiger partial charge < -0.3 is 107 Å². The number of thioether (sulfide) groups is 1. The van der Waals surface area contributed by atoms with E-state index in [2.05, 4.69) is 334 Å². The molecule has 0 aliphatic carbocycles. The van der Waals surface area contributed by atoms with E-state index < -0.39 is 15.1 Å². The summed E-state index contributed by atoms with van der Waals surface area (Å²) in [6, 6.07) is 82.1. The Morgan fingerprint density at radius 1 is 0.519 bits per heavy atom. The van der Waals surface area contributed by atoms with Crippen molar-refractivity contribution in [2.45, 2.75) is 110 Å². The van der Waals surface area contributed by atoms with Crippen LogP contribution in [0.5, 0.6) is 11.5 Å². The maximum atomic E-state index is 5.52. The van der Waals surface area contributed by atoms with Crippen molar-refractivity contribution in [1.82, 2.24) is 4.90 Å². The van der Waals surface area contributed by atoms with Gasteiger partial charge in [-0.2, -0.15) is 55.3 Å². The Labute approximate surface area is 1030 Å². The van der Waals surface area contributed by atoms with Crippen LogP contribution < -0.4 is 159 Å². The van der Waals surface area contributed by atoms with Crippen molar-refractivity contribution < 1.29 is 192 Å². The first-order chi connectivity index (χ1) is 56.8. The van der Waals surface area contributed by atoms with Gasteiger partial charge in [-0.1, -0.05) is 245 Å². The summed E-state index contributed by atoms with van der Waals surface area (Å²) in [7, 11) is 22.0. The fourth-order valence-electron chi connectivity index (χ4n) is 11.9. The quantitative estimate of drug-likeness (QED) is 0.0623. The van der Waals surface area contributed by atoms with Gasteiger partial charge in [-0.05, 0) is 169 Å². The van der Waals surface area contributed by atoms with Crippen molar-refractivity contribution in [2.75, 3.05) is 28.3 Å². The Hall–Kier alpha value is 3.18. The normalized spacial score (nSPS) is 10.7. The van der Waals surface area contributed by atoms with Crippen LogP contribution in [0, 0.1) is 42.9 Å². The molecule has 1 saturated heterocycles. The van der Waals surface area contributed by atoms with Crippen molar-refractivity contribution in [3.05, 3.63) is 303 Å². The monoisotopic (exact) mass is 2570 g/mol. The van der Waals surface area contributed by atoms with Gasteiger partial charge in [-0.25, -0.2) is 22.7 Å². The molecule has 0 bridgehead atoms. The van der Waals surface area contributed by atoms with E-state index in [1.807, 2.05) is 121 Å². The summed E-state index contributed by atoms with van der Waals surface area (Å²) in [4.78, 5) is 1.99. The number of methoxy groups -OCH3 is 2. The molecule has 0 N–H and O–H groups in total. The molecule has 1 aliphatic heterocycles. The zero-order chi connectivity index (χ0) is 85.9. The van der Waals surface area contributed by atoms with Crippen LogP contribution in [-0.2, 0) is 32.5 Å². The number of halogens is 14. The number of piperidine rings is 1. The third kappa shape index (κ3) is 48.1. The van der Waals surface area contributed by atoms with Crippen LogP contribution in [0.3, 0.4) is 0 Å². The fourth-order valence-corrected chi connectivity index (χ4v) is 22.8. The van der Waals surface area contributed by atoms with Crippen LogP contribution >= 0.6 is 219 Å². The number of hydrogen-bond donors (Lipinski definition) is 0. The number of fused-ring (bicyclic) bond motifs is 10. The van der Waals surface area contributed by atoms with Gasteiger partial charge in [0.1, 0.15) is 15.8 Å². The molecule has 0 spiro atoms. The summed E-state index contributed by atoms with van der Waals surface area (Å²) in [5.74, 6) is 1.82. The summed E-state index contributed by atoms with van der Waals surface area (Å²) in [5, 5.41) is 23.5. The number of rotatable bonds is 6. The molecule has 8 heterocycles. The maximum Gasteiger partial charge on any atom is 2.00 e. The summed E-state index contributed by atoms with van der Waals surface area (Å²) >= 11 is 36.2. The molecular formula is C95H92Br4Cl9ILi4Mg3N2O2S9Zn2. The minimum Gasteiger partial charge on any atom is -0.226 e. The van der Waals surface area contributed by atoms with E-state index in [1.165, 1.54) is 148 Å². The molecule has 1 fully saturated rings. The first-order valence-corrected chi connectivity index (χ1v) is 60.7. The average molecular weight is 2580 g/mol. The maximum absolute atomic E-state index is 5.52. The molecule has 17 aromatic rings. The number of hydrogen-bond acceptors (Lipinski definition) is 11. The van der Waals surface area contributed by atoms with E-state index in [0.29, 0.717) is 0 Å². The molecule has 0 amide bonds. The van der Waals surface area contributed by atoms with Gasteiger partial charge in [-0.15, -0.1) is 92.0 Å². The molecule has 36 heteroatoms. The minimum atomic E-state index is -0.931. The van der Waals surface area contributed by atoms with Crippen molar-refractivity contribution in [3.63, 3.8) is 0 Å². The molecule has 0 unspecified atom stereocenters. The molecule has 131 heavy (non-hydrogen) atoms. The number of ether oxygens (including phenoxy) is 2. The van der Waals surface area contributed by atoms with Crippen molar-refractivity contribution in [1.29, 1.82) is 0 Å². The van der Waals surface area contributed by atoms with E-state index in [1.54, 1.807) is 82.7 Å². The summed E-state index contributed by atoms with van der Waals surface area (Å²) < 4.78 is 28.9. The minimum absolute atomic E-state index is 0. The van der Waals surface area contributed by atoms with E-state index in [0.717, 1.165) is 56.5 Å². The van der Waals surface area contributed by atoms with Crippen LogP contribution in [0.1, 0.15) is 91.7 Å². The second kappa shape index (κ2) is 79.4. The van der Waals surface area contributed by atoms with Crippen molar-refractivity contribution in [3.8, 4) is 33.8 Å². The molecule has 0 radical (unpaired) electrons. The van der Waals surface area contributed by atoms with Gasteiger partial charge in [0.15, 0.2) is 0 Å². The first-order valence-electron chi connectivity index (χ1n) is 37.5. The second-order valence-electron chi connectivity index (χ2n) is 27.6. The number of aryl methyl sites for hydroxylation is 2. The fraction of sp³-hybridized carbons (Fsp3) is 0.211. The van der Waals surface area contributed by atoms with E-state index in [-0.39, 0.29) is 230 Å². The van der Waals surface area contributed by atoms with Crippen LogP contribution in [0.15, 0.2) is 262 Å². The van der Waals surface area contributed by atoms with Crippen molar-refractivity contribution in [2.24, 2.45) is 0 Å². The molecule has 660 valence electrons. The summed E-state index contributed by atoms with van der Waals surface area (Å²) in [6.45, 7) is 22.9. The van der Waals surface area contributed by atoms with Gasteiger partial charge in [0.25, 0.3) is 0 Å². The summed E-state index contributed by atoms with van der Waals surface area (Å²) in [5.41, 5.74) is 8.12. The van der Waals surface area contributed by atoms with Crippen LogP contribution in [0.4, 0.5) is 0 Å². The van der Waals surface area contributed by atoms with Crippen molar-refractivity contribution >= 4 is 372 Å². The van der Waals surface area contributed by atoms with E-state index in [9.17, 15) is 0 Å². The van der Waals surface area contributed by atoms with Crippen LogP contribution in [0.25, 0.3) is 108 Å². The second-order valence-corrected chi connectivity index (χ2v) is 45.8. The van der Waals surface area contributed by atoms with Gasteiger partial charge in [0, 0.05) is 108 Å². The molecule has 1 aliphatic rings. The first kappa shape index (κ1) is 147. The topological polar surface area (TPSA) is 35.8 Å². The number of thiocarbonyl (C=S) groups is 1. The zero-order valence-electron chi connectivity index (χ0n) is 76.6. The van der Waals surface area contributed by atoms with Gasteiger partial charge in [-0.3, -0.25) is 0 Å². The molecule has 7 aromatic heterocycles. The number of thiophene rings is 7. The number of unbranched alkanes of at least 4 members (excludes halogenated alkanes) is 1. The van der Waals surface area contributed by atoms with Gasteiger partial charge in [0.2, 0.25) is 0 Å². The third-order valence-corrected chi connectivity index (χ3v) is 31.0. The number of nitrogens with zero attached hydrogens (tertiary/aromatic N) is 2. The van der Waals surface area contributed by atoms with Crippen LogP contribution in [0.2, 0.25) is 0 Å². The predicted octanol–water partition coefficient (Wildman–Crippen LogP) is 6.54. The Morgan fingerprint density at radius 2 is 0.901 bits per heavy atom. The standard InChI is InChI=1S/C18H16BrNS3.C15H11BrS.C15H10OS2.C9H18N.C8H5BrS.2C8H5S.C7H6BrIO.C4H9.C3H7.9ClH.4Li.3Mg.2Zn/c1-11-8-9-14(19)13(10-11)16-12-6-4-5-7-15(12)22-17(16)23-18(21)20(2)3;1-10-6-7-14(16)12(8-10)13-9-17-15-5-3-2-4-11(13)15;1-16-9-6-7-13-11(8-9)14-10-4-2-3-5-12(10)17-15(14)18-13;1-8(2)6-5-7-9(3,4)10-8;9-7-5-10-8-4-2-1-3-6(7)8;2*1-2-4-8-7(3-1)5-6-9-8;1-10-5-2-3-6(8)7(9)4-5;1-3-4-2;1-3-2;;;;;;;;;;;;;;;;;;/h4-10H,1-3H3;2-9H,1H3;2-8H,1H3;5-7H2,1-4H3;1-5H;2*1-4,6H;2-4H,1H3;1,3-4H2,2H3;3H,1-2H3;9*1H;;;;;;;;;/q;;;-1;;2*-1;;2*-1;;;;;;;;;;4*+1;5*+2/p-9. The Morgan fingerprint density at radius 3 is 1.34 bits per heavy atom. The smallest absolute Gasteiger partial charge is 0.226 e. The Balaban J connectivity index is -0.000000265. The van der Waals surface area contributed by atoms with E-state index >= 15 is 0 Å². The molecule has 10 aromatic carbocycles. The van der Waals surface area contributed by atoms with Crippen LogP contribution in [-0.4, -0.2) is 118 Å². The van der Waals surface area contributed by atoms with E-state index in [4.69, 9.17) is 56.1 Å². The SMILES string of the molecule is Brc1csc2ccccc12.CC1(C)CCCC(C)(C)[N-]1.COc1ccc(Br)c(I)c1.COc1ccc2sc3sc4ccccc4c3c2c1.C[CH-]C.Cc1ccc(Br)c(-c2c(SC(=S)N(C)C)sc3ccccc23)c1.Cc1ccc(Br)c(-c2csc3ccccc23)c1.[CH2-]CCC.[Cl-].[Cl-].[Cl-].[Cl-].[Cl-].[Cl-].[Cl][Zn+].[Cl][Zn][Cl].[Li+].[Li+].[Li+].[Li+].[Mg+2].[Mg+2].[Mg+2].[c-]1csc2ccccc12.[c-]1csc2ccccc12. The molecule has 4 nitrogen and oxygen atoms in total. The molecule has 18 rings (SSSR count). The zero-order valence-corrected chi connectivity index (χ0v) is 109. The molecule has 0 atom stereocenters. The third-order valence-electron chi connectivity index (χ3n) is 17.3. The summed E-state index contributed by atoms with van der Waals surface area (Å²) in [6.07, 6.45) is 8.14. The Bertz CT molecular complexity index is 5830. The molecule has 0 saturated carbocycles. The van der Waals surface area contributed by atoms with Gasteiger partial charge >= 0.3 is 206 Å². The largest absolute Gasteiger partial charge is 2.00 e. The number of benzene rings is 10. The average Bonchev–Trinajstić information content (AvgIpc) is 1.59.